The van der Waals surface area contributed by atoms with E-state index in [0.717, 1.165) is 25.6 Å². The predicted molar refractivity (Wildman–Crippen MR) is 49.1 cm³/mol. The fourth-order valence-corrected chi connectivity index (χ4v) is 2.27. The SMILES string of the molecule is C=C(C)CN1CC2COC(C2)C1. The van der Waals surface area contributed by atoms with Gasteiger partial charge < -0.3 is 4.74 Å². The molecule has 2 nitrogen and oxygen atoms in total. The van der Waals surface area contributed by atoms with E-state index in [-0.39, 0.29) is 0 Å². The van der Waals surface area contributed by atoms with Gasteiger partial charge >= 0.3 is 0 Å². The quantitative estimate of drug-likeness (QED) is 0.574. The van der Waals surface area contributed by atoms with Crippen LogP contribution in [0.2, 0.25) is 0 Å². The molecule has 2 fully saturated rings. The highest BCUT2D eigenvalue weighted by Gasteiger charge is 2.33. The number of hydrogen-bond acceptors (Lipinski definition) is 2. The molecule has 0 aromatic carbocycles. The molecule has 2 aliphatic heterocycles. The summed E-state index contributed by atoms with van der Waals surface area (Å²) < 4.78 is 5.62. The largest absolute Gasteiger partial charge is 0.377 e. The topological polar surface area (TPSA) is 12.5 Å². The van der Waals surface area contributed by atoms with Crippen molar-refractivity contribution in [1.82, 2.24) is 4.90 Å². The molecule has 0 aromatic rings. The first-order chi connectivity index (χ1) is 5.74. The maximum atomic E-state index is 5.62. The average Bonchev–Trinajstić information content (AvgIpc) is 2.29. The molecule has 0 amide bonds. The smallest absolute Gasteiger partial charge is 0.0706 e. The molecule has 2 heteroatoms. The fraction of sp³-hybridized carbons (Fsp3) is 0.800. The molecule has 0 aromatic heterocycles. The molecule has 2 rings (SSSR count). The van der Waals surface area contributed by atoms with Crippen molar-refractivity contribution in [3.63, 3.8) is 0 Å². The van der Waals surface area contributed by atoms with Gasteiger partial charge in [0.15, 0.2) is 0 Å². The van der Waals surface area contributed by atoms with Gasteiger partial charge in [-0.25, -0.2) is 0 Å². The van der Waals surface area contributed by atoms with E-state index in [1.807, 2.05) is 0 Å². The van der Waals surface area contributed by atoms with E-state index in [1.165, 1.54) is 18.5 Å². The number of nitrogens with zero attached hydrogens (tertiary/aromatic N) is 1. The summed E-state index contributed by atoms with van der Waals surface area (Å²) in [5, 5.41) is 0. The molecular formula is C10H17NO. The van der Waals surface area contributed by atoms with Crippen molar-refractivity contribution in [2.24, 2.45) is 5.92 Å². The van der Waals surface area contributed by atoms with Crippen LogP contribution >= 0.6 is 0 Å². The third kappa shape index (κ3) is 1.70. The maximum Gasteiger partial charge on any atom is 0.0706 e. The lowest BCUT2D eigenvalue weighted by molar-refractivity contribution is 0.0875. The van der Waals surface area contributed by atoms with Gasteiger partial charge in [0.2, 0.25) is 0 Å². The molecule has 0 radical (unpaired) electrons. The second-order valence-electron chi connectivity index (χ2n) is 4.21. The van der Waals surface area contributed by atoms with E-state index in [2.05, 4.69) is 18.4 Å². The average molecular weight is 167 g/mol. The summed E-state index contributed by atoms with van der Waals surface area (Å²) in [6.07, 6.45) is 1.80. The van der Waals surface area contributed by atoms with E-state index in [0.29, 0.717) is 6.10 Å². The van der Waals surface area contributed by atoms with Gasteiger partial charge in [-0.3, -0.25) is 4.90 Å². The van der Waals surface area contributed by atoms with Crippen molar-refractivity contribution in [3.05, 3.63) is 12.2 Å². The summed E-state index contributed by atoms with van der Waals surface area (Å²) in [5.41, 5.74) is 1.26. The Bertz CT molecular complexity index is 178. The van der Waals surface area contributed by atoms with E-state index in [1.54, 1.807) is 0 Å². The number of fused-ring (bicyclic) bond motifs is 2. The minimum Gasteiger partial charge on any atom is -0.377 e. The summed E-state index contributed by atoms with van der Waals surface area (Å²) in [6, 6.07) is 0. The second-order valence-corrected chi connectivity index (χ2v) is 4.21. The number of piperidine rings is 1. The van der Waals surface area contributed by atoms with Crippen LogP contribution in [0, 0.1) is 5.92 Å². The van der Waals surface area contributed by atoms with Gasteiger partial charge in [0, 0.05) is 19.6 Å². The van der Waals surface area contributed by atoms with E-state index < -0.39 is 0 Å². The highest BCUT2D eigenvalue weighted by molar-refractivity contribution is 4.95. The highest BCUT2D eigenvalue weighted by atomic mass is 16.5. The Morgan fingerprint density at radius 2 is 2.42 bits per heavy atom. The lowest BCUT2D eigenvalue weighted by Crippen LogP contribution is -2.39. The molecule has 2 unspecified atom stereocenters. The molecule has 2 aliphatic rings. The van der Waals surface area contributed by atoms with Crippen LogP contribution in [0.5, 0.6) is 0 Å². The molecule has 2 saturated heterocycles. The molecule has 2 bridgehead atoms. The predicted octanol–water partition coefficient (Wildman–Crippen LogP) is 1.28. The zero-order chi connectivity index (χ0) is 8.55. The number of ether oxygens (including phenoxy) is 1. The van der Waals surface area contributed by atoms with Crippen LogP contribution in [0.25, 0.3) is 0 Å². The van der Waals surface area contributed by atoms with Crippen molar-refractivity contribution in [2.45, 2.75) is 19.4 Å². The van der Waals surface area contributed by atoms with Crippen LogP contribution in [-0.2, 0) is 4.74 Å². The summed E-state index contributed by atoms with van der Waals surface area (Å²) in [7, 11) is 0. The Balaban J connectivity index is 1.89. The van der Waals surface area contributed by atoms with Gasteiger partial charge in [-0.05, 0) is 19.3 Å². The van der Waals surface area contributed by atoms with Gasteiger partial charge in [-0.15, -0.1) is 0 Å². The normalized spacial score (nSPS) is 35.4. The van der Waals surface area contributed by atoms with E-state index in [4.69, 9.17) is 4.74 Å². The molecule has 0 aliphatic carbocycles. The van der Waals surface area contributed by atoms with Crippen LogP contribution in [-0.4, -0.2) is 37.2 Å². The monoisotopic (exact) mass is 167 g/mol. The first kappa shape index (κ1) is 8.27. The van der Waals surface area contributed by atoms with Gasteiger partial charge in [-0.2, -0.15) is 0 Å². The third-order valence-corrected chi connectivity index (χ3v) is 2.64. The lowest BCUT2D eigenvalue weighted by atomic mass is 10.00. The van der Waals surface area contributed by atoms with Crippen molar-refractivity contribution < 1.29 is 4.74 Å². The first-order valence-corrected chi connectivity index (χ1v) is 4.72. The molecule has 0 saturated carbocycles. The Labute approximate surface area is 74.2 Å². The number of hydrogen-bond donors (Lipinski definition) is 0. The molecule has 0 N–H and O–H groups in total. The standard InChI is InChI=1S/C10H17NO/c1-8(2)4-11-5-9-3-10(6-11)12-7-9/h9-10H,1,3-7H2,2H3. The molecule has 0 spiro atoms. The van der Waals surface area contributed by atoms with E-state index in [9.17, 15) is 0 Å². The summed E-state index contributed by atoms with van der Waals surface area (Å²) in [4.78, 5) is 2.47. The van der Waals surface area contributed by atoms with Gasteiger partial charge in [0.1, 0.15) is 0 Å². The Kier molecular flexibility index (Phi) is 2.20. The van der Waals surface area contributed by atoms with Crippen LogP contribution in [0.1, 0.15) is 13.3 Å². The fourth-order valence-electron chi connectivity index (χ4n) is 2.27. The molecule has 68 valence electrons. The van der Waals surface area contributed by atoms with Crippen LogP contribution in [0.15, 0.2) is 12.2 Å². The minimum absolute atomic E-state index is 0.517. The summed E-state index contributed by atoms with van der Waals surface area (Å²) >= 11 is 0. The third-order valence-electron chi connectivity index (χ3n) is 2.64. The van der Waals surface area contributed by atoms with Crippen molar-refractivity contribution in [2.75, 3.05) is 26.2 Å². The van der Waals surface area contributed by atoms with Crippen LogP contribution in [0.4, 0.5) is 0 Å². The van der Waals surface area contributed by atoms with Gasteiger partial charge in [0.25, 0.3) is 0 Å². The molecule has 12 heavy (non-hydrogen) atoms. The molecule has 2 atom stereocenters. The van der Waals surface area contributed by atoms with Crippen molar-refractivity contribution in [1.29, 1.82) is 0 Å². The Morgan fingerprint density at radius 3 is 3.08 bits per heavy atom. The zero-order valence-corrected chi connectivity index (χ0v) is 7.75. The van der Waals surface area contributed by atoms with E-state index >= 15 is 0 Å². The van der Waals surface area contributed by atoms with Crippen molar-refractivity contribution >= 4 is 0 Å². The summed E-state index contributed by atoms with van der Waals surface area (Å²) in [6.45, 7) is 10.4. The molecule has 2 heterocycles. The van der Waals surface area contributed by atoms with Gasteiger partial charge in [-0.1, -0.05) is 12.2 Å². The second kappa shape index (κ2) is 3.19. The highest BCUT2D eigenvalue weighted by Crippen LogP contribution is 2.26. The van der Waals surface area contributed by atoms with Crippen molar-refractivity contribution in [3.8, 4) is 0 Å². The van der Waals surface area contributed by atoms with Crippen LogP contribution < -0.4 is 0 Å². The number of likely N-dealkylation sites (tertiary alicyclic amines) is 1. The number of rotatable bonds is 2. The summed E-state index contributed by atoms with van der Waals surface area (Å²) in [5.74, 6) is 0.795. The first-order valence-electron chi connectivity index (χ1n) is 4.72. The maximum absolute atomic E-state index is 5.62. The minimum atomic E-state index is 0.517. The lowest BCUT2D eigenvalue weighted by Gasteiger charge is -2.30. The zero-order valence-electron chi connectivity index (χ0n) is 7.75. The van der Waals surface area contributed by atoms with Crippen LogP contribution in [0.3, 0.4) is 0 Å². The Morgan fingerprint density at radius 1 is 1.58 bits per heavy atom. The molecular weight excluding hydrogens is 150 g/mol. The Hall–Kier alpha value is -0.340. The van der Waals surface area contributed by atoms with Gasteiger partial charge in [0.05, 0.1) is 12.7 Å².